The minimum absolute atomic E-state index is 0.169. The summed E-state index contributed by atoms with van der Waals surface area (Å²) in [6, 6.07) is 11.4. The molecule has 0 bridgehead atoms. The molecule has 1 aromatic heterocycles. The molecule has 0 aliphatic heterocycles. The third-order valence-electron chi connectivity index (χ3n) is 4.98. The quantitative estimate of drug-likeness (QED) is 0.585. The largest absolute Gasteiger partial charge is 0.497 e. The topological polar surface area (TPSA) is 77.7 Å². The molecule has 1 atom stereocenters. The predicted octanol–water partition coefficient (Wildman–Crippen LogP) is 4.10. The number of carbonyl (C=O) groups excluding carboxylic acids is 1. The van der Waals surface area contributed by atoms with E-state index in [4.69, 9.17) is 14.0 Å². The Hall–Kier alpha value is -3.35. The highest BCUT2D eigenvalue weighted by molar-refractivity contribution is 5.80. The number of amides is 1. The lowest BCUT2D eigenvalue weighted by molar-refractivity contribution is -0.137. The van der Waals surface area contributed by atoms with E-state index < -0.39 is 6.10 Å². The SMILES string of the molecule is COc1ccc(-c2noc(CN(C)C(=O)[C@@H](C)Oc3cc(C)cc(C)c3C)n2)cc1. The van der Waals surface area contributed by atoms with Crippen LogP contribution < -0.4 is 9.47 Å². The van der Waals surface area contributed by atoms with Crippen LogP contribution in [0.15, 0.2) is 40.9 Å². The molecule has 0 aliphatic rings. The summed E-state index contributed by atoms with van der Waals surface area (Å²) in [6.45, 7) is 7.97. The number of hydrogen-bond acceptors (Lipinski definition) is 6. The number of rotatable bonds is 7. The van der Waals surface area contributed by atoms with Crippen LogP contribution in [0.3, 0.4) is 0 Å². The molecule has 0 spiro atoms. The Balaban J connectivity index is 1.64. The van der Waals surface area contributed by atoms with Crippen LogP contribution in [0.2, 0.25) is 0 Å². The number of benzene rings is 2. The third kappa shape index (κ3) is 4.79. The fraction of sp³-hybridized carbons (Fsp3) is 0.348. The number of carbonyl (C=O) groups is 1. The summed E-state index contributed by atoms with van der Waals surface area (Å²) in [5.74, 6) is 2.12. The fourth-order valence-electron chi connectivity index (χ4n) is 3.13. The Morgan fingerprint density at radius 3 is 2.53 bits per heavy atom. The fourth-order valence-corrected chi connectivity index (χ4v) is 3.13. The van der Waals surface area contributed by atoms with Gasteiger partial charge >= 0.3 is 0 Å². The van der Waals surface area contributed by atoms with Gasteiger partial charge in [-0.25, -0.2) is 0 Å². The summed E-state index contributed by atoms with van der Waals surface area (Å²) in [7, 11) is 3.30. The van der Waals surface area contributed by atoms with E-state index >= 15 is 0 Å². The second-order valence-electron chi connectivity index (χ2n) is 7.40. The minimum atomic E-state index is -0.640. The van der Waals surface area contributed by atoms with Crippen molar-refractivity contribution in [1.82, 2.24) is 15.0 Å². The van der Waals surface area contributed by atoms with E-state index in [-0.39, 0.29) is 12.5 Å². The minimum Gasteiger partial charge on any atom is -0.497 e. The van der Waals surface area contributed by atoms with Crippen LogP contribution in [-0.2, 0) is 11.3 Å². The maximum absolute atomic E-state index is 12.8. The van der Waals surface area contributed by atoms with E-state index in [1.165, 1.54) is 4.90 Å². The van der Waals surface area contributed by atoms with E-state index in [0.29, 0.717) is 11.7 Å². The van der Waals surface area contributed by atoms with E-state index in [9.17, 15) is 4.79 Å². The second kappa shape index (κ2) is 8.98. The van der Waals surface area contributed by atoms with Gasteiger partial charge in [-0.05, 0) is 74.7 Å². The van der Waals surface area contributed by atoms with Crippen molar-refractivity contribution in [2.24, 2.45) is 0 Å². The highest BCUT2D eigenvalue weighted by Gasteiger charge is 2.22. The molecule has 0 fully saturated rings. The summed E-state index contributed by atoms with van der Waals surface area (Å²) in [5, 5.41) is 4.00. The van der Waals surface area contributed by atoms with Crippen LogP contribution in [0, 0.1) is 20.8 Å². The smallest absolute Gasteiger partial charge is 0.263 e. The zero-order valence-corrected chi connectivity index (χ0v) is 18.2. The zero-order valence-electron chi connectivity index (χ0n) is 18.2. The van der Waals surface area contributed by atoms with Crippen molar-refractivity contribution in [3.63, 3.8) is 0 Å². The molecule has 0 N–H and O–H groups in total. The van der Waals surface area contributed by atoms with Crippen LogP contribution in [0.4, 0.5) is 0 Å². The number of nitrogens with zero attached hydrogens (tertiary/aromatic N) is 3. The highest BCUT2D eigenvalue weighted by atomic mass is 16.5. The van der Waals surface area contributed by atoms with Gasteiger partial charge in [0.05, 0.1) is 13.7 Å². The second-order valence-corrected chi connectivity index (χ2v) is 7.40. The molecule has 0 saturated heterocycles. The molecule has 3 rings (SSSR count). The van der Waals surface area contributed by atoms with Gasteiger partial charge < -0.3 is 18.9 Å². The molecular formula is C23H27N3O4. The van der Waals surface area contributed by atoms with Crippen molar-refractivity contribution in [1.29, 1.82) is 0 Å². The first-order valence-electron chi connectivity index (χ1n) is 9.75. The Morgan fingerprint density at radius 2 is 1.87 bits per heavy atom. The molecule has 3 aromatic rings. The predicted molar refractivity (Wildman–Crippen MR) is 114 cm³/mol. The molecule has 2 aromatic carbocycles. The van der Waals surface area contributed by atoms with Crippen molar-refractivity contribution in [3.05, 3.63) is 59.0 Å². The molecule has 30 heavy (non-hydrogen) atoms. The number of hydrogen-bond donors (Lipinski definition) is 0. The van der Waals surface area contributed by atoms with E-state index in [0.717, 1.165) is 33.8 Å². The number of aromatic nitrogens is 2. The Bertz CT molecular complexity index is 1030. The lowest BCUT2D eigenvalue weighted by atomic mass is 10.1. The van der Waals surface area contributed by atoms with Crippen molar-refractivity contribution in [2.45, 2.75) is 40.3 Å². The number of aryl methyl sites for hydroxylation is 2. The third-order valence-corrected chi connectivity index (χ3v) is 4.98. The highest BCUT2D eigenvalue weighted by Crippen LogP contribution is 2.25. The normalized spacial score (nSPS) is 11.8. The van der Waals surface area contributed by atoms with Crippen LogP contribution in [0.5, 0.6) is 11.5 Å². The summed E-state index contributed by atoms with van der Waals surface area (Å²) >= 11 is 0. The average molecular weight is 409 g/mol. The molecule has 0 aliphatic carbocycles. The Labute approximate surface area is 176 Å². The molecule has 1 amide bonds. The van der Waals surface area contributed by atoms with Crippen molar-refractivity contribution < 1.29 is 18.8 Å². The molecule has 0 saturated carbocycles. The van der Waals surface area contributed by atoms with Gasteiger partial charge in [0.25, 0.3) is 5.91 Å². The molecule has 0 unspecified atom stereocenters. The molecule has 7 nitrogen and oxygen atoms in total. The van der Waals surface area contributed by atoms with E-state index in [1.807, 2.05) is 51.1 Å². The first-order chi connectivity index (χ1) is 14.3. The maximum Gasteiger partial charge on any atom is 0.263 e. The Morgan fingerprint density at radius 1 is 1.17 bits per heavy atom. The van der Waals surface area contributed by atoms with Crippen LogP contribution >= 0.6 is 0 Å². The molecule has 158 valence electrons. The van der Waals surface area contributed by atoms with Gasteiger partial charge in [0.2, 0.25) is 11.7 Å². The number of likely N-dealkylation sites (N-methyl/N-ethyl adjacent to an activating group) is 1. The van der Waals surface area contributed by atoms with Gasteiger partial charge in [0, 0.05) is 12.6 Å². The number of ether oxygens (including phenoxy) is 2. The lowest BCUT2D eigenvalue weighted by Crippen LogP contribution is -2.37. The summed E-state index contributed by atoms with van der Waals surface area (Å²) in [4.78, 5) is 18.7. The molecular weight excluding hydrogens is 382 g/mol. The van der Waals surface area contributed by atoms with Gasteiger partial charge in [-0.2, -0.15) is 4.98 Å². The van der Waals surface area contributed by atoms with E-state index in [2.05, 4.69) is 16.2 Å². The Kier molecular flexibility index (Phi) is 6.40. The lowest BCUT2D eigenvalue weighted by Gasteiger charge is -2.22. The van der Waals surface area contributed by atoms with Gasteiger partial charge in [-0.1, -0.05) is 11.2 Å². The van der Waals surface area contributed by atoms with Gasteiger partial charge in [-0.3, -0.25) is 4.79 Å². The van der Waals surface area contributed by atoms with Crippen molar-refractivity contribution >= 4 is 5.91 Å². The maximum atomic E-state index is 12.8. The molecule has 1 heterocycles. The standard InChI is InChI=1S/C23H27N3O4/c1-14-11-15(2)16(3)20(12-14)29-17(4)23(27)26(5)13-21-24-22(25-30-21)18-7-9-19(28-6)10-8-18/h7-12,17H,13H2,1-6H3/t17-/m1/s1. The molecule has 0 radical (unpaired) electrons. The van der Waals surface area contributed by atoms with E-state index in [1.54, 1.807) is 21.1 Å². The summed E-state index contributed by atoms with van der Waals surface area (Å²) in [6.07, 6.45) is -0.640. The van der Waals surface area contributed by atoms with Crippen LogP contribution in [0.1, 0.15) is 29.5 Å². The summed E-state index contributed by atoms with van der Waals surface area (Å²) in [5.41, 5.74) is 4.07. The van der Waals surface area contributed by atoms with Crippen molar-refractivity contribution in [2.75, 3.05) is 14.2 Å². The first kappa shape index (κ1) is 21.4. The van der Waals surface area contributed by atoms with Gasteiger partial charge in [-0.15, -0.1) is 0 Å². The summed E-state index contributed by atoms with van der Waals surface area (Å²) < 4.78 is 16.4. The number of methoxy groups -OCH3 is 1. The zero-order chi connectivity index (χ0) is 21.8. The molecule has 7 heteroatoms. The average Bonchev–Trinajstić information content (AvgIpc) is 3.19. The van der Waals surface area contributed by atoms with Gasteiger partial charge in [0.15, 0.2) is 6.10 Å². The van der Waals surface area contributed by atoms with Crippen LogP contribution in [-0.4, -0.2) is 41.2 Å². The van der Waals surface area contributed by atoms with Crippen molar-refractivity contribution in [3.8, 4) is 22.9 Å². The first-order valence-corrected chi connectivity index (χ1v) is 9.75. The van der Waals surface area contributed by atoms with Gasteiger partial charge in [0.1, 0.15) is 11.5 Å². The monoisotopic (exact) mass is 409 g/mol. The van der Waals surface area contributed by atoms with Crippen LogP contribution in [0.25, 0.3) is 11.4 Å².